The van der Waals surface area contributed by atoms with E-state index in [-0.39, 0.29) is 18.9 Å². The van der Waals surface area contributed by atoms with Crippen molar-refractivity contribution >= 4 is 12.1 Å². The van der Waals surface area contributed by atoms with Crippen molar-refractivity contribution < 1.29 is 25.2 Å². The number of carbonyl (C=O) groups is 2. The van der Waals surface area contributed by atoms with E-state index in [1.807, 2.05) is 0 Å². The highest BCUT2D eigenvalue weighted by Crippen LogP contribution is 2.11. The Morgan fingerprint density at radius 3 is 2.70 bits per heavy atom. The van der Waals surface area contributed by atoms with Crippen molar-refractivity contribution in [2.24, 2.45) is 0 Å². The molecule has 0 fully saturated rings. The van der Waals surface area contributed by atoms with Gasteiger partial charge in [-0.25, -0.2) is 14.0 Å². The highest BCUT2D eigenvalue weighted by atomic mass is 19.1. The van der Waals surface area contributed by atoms with Crippen molar-refractivity contribution in [3.05, 3.63) is 35.6 Å². The van der Waals surface area contributed by atoms with Gasteiger partial charge in [-0.2, -0.15) is 0 Å². The van der Waals surface area contributed by atoms with E-state index in [2.05, 4.69) is 5.32 Å². The van der Waals surface area contributed by atoms with Gasteiger partial charge < -0.3 is 15.2 Å². The van der Waals surface area contributed by atoms with Crippen molar-refractivity contribution in [1.29, 1.82) is 0 Å². The molecule has 1 aromatic carbocycles. The lowest BCUT2D eigenvalue weighted by Crippen LogP contribution is -2.44. The number of aliphatic carboxylic acids is 1. The van der Waals surface area contributed by atoms with Crippen molar-refractivity contribution in [3.8, 4) is 0 Å². The van der Waals surface area contributed by atoms with Gasteiger partial charge in [0.1, 0.15) is 17.5 Å². The third-order valence-electron chi connectivity index (χ3n) is 2.34. The second-order valence-electron chi connectivity index (χ2n) is 4.98. The number of rotatable bonds is 4. The van der Waals surface area contributed by atoms with E-state index in [0.29, 0.717) is 0 Å². The quantitative estimate of drug-likeness (QED) is 0.890. The zero-order valence-electron chi connectivity index (χ0n) is 12.4. The molecule has 0 unspecified atom stereocenters. The summed E-state index contributed by atoms with van der Waals surface area (Å²) < 4.78 is 25.7. The van der Waals surface area contributed by atoms with Crippen LogP contribution < -0.4 is 5.32 Å². The first-order valence-electron chi connectivity index (χ1n) is 6.71. The van der Waals surface area contributed by atoms with Crippen LogP contribution in [0.5, 0.6) is 0 Å². The fourth-order valence-electron chi connectivity index (χ4n) is 1.51. The number of carbonyl (C=O) groups excluding carboxylic acids is 1. The van der Waals surface area contributed by atoms with Crippen LogP contribution in [0.4, 0.5) is 9.18 Å². The summed E-state index contributed by atoms with van der Waals surface area (Å²) in [6.45, 7) is 2.91. The summed E-state index contributed by atoms with van der Waals surface area (Å²) in [5, 5.41) is 11.3. The van der Waals surface area contributed by atoms with Gasteiger partial charge in [-0.1, -0.05) is 18.2 Å². The number of nitrogens with one attached hydrogen (secondary N) is 1. The molecule has 5 nitrogen and oxygen atoms in total. The maximum atomic E-state index is 13.5. The van der Waals surface area contributed by atoms with Gasteiger partial charge in [-0.15, -0.1) is 0 Å². The average molecular weight is 284 g/mol. The SMILES string of the molecule is [2H]CC(C)(C)OC(=O)N[C@@H](Cc1ccccc1F)C(=O)O. The van der Waals surface area contributed by atoms with Crippen molar-refractivity contribution in [2.75, 3.05) is 0 Å². The maximum absolute atomic E-state index is 13.5. The molecular weight excluding hydrogens is 265 g/mol. The van der Waals surface area contributed by atoms with Crippen molar-refractivity contribution in [2.45, 2.75) is 38.8 Å². The Morgan fingerprint density at radius 2 is 2.15 bits per heavy atom. The molecule has 0 saturated heterocycles. The van der Waals surface area contributed by atoms with E-state index in [0.717, 1.165) is 0 Å². The molecular formula is C14H18FNO4. The van der Waals surface area contributed by atoms with Gasteiger partial charge in [0, 0.05) is 7.79 Å². The summed E-state index contributed by atoms with van der Waals surface area (Å²) in [6.07, 6.45) is -1.14. The minimum absolute atomic E-state index is 0.161. The summed E-state index contributed by atoms with van der Waals surface area (Å²) in [7, 11) is 0. The molecule has 0 aliphatic rings. The minimum atomic E-state index is -1.31. The van der Waals surface area contributed by atoms with E-state index in [1.165, 1.54) is 32.0 Å². The van der Waals surface area contributed by atoms with E-state index < -0.39 is 29.5 Å². The number of hydrogen-bond donors (Lipinski definition) is 2. The van der Waals surface area contributed by atoms with Crippen LogP contribution in [0.2, 0.25) is 0 Å². The van der Waals surface area contributed by atoms with Crippen LogP contribution in [-0.4, -0.2) is 28.8 Å². The predicted octanol–water partition coefficient (Wildman–Crippen LogP) is 2.35. The molecule has 0 aliphatic heterocycles. The van der Waals surface area contributed by atoms with Crippen molar-refractivity contribution in [1.82, 2.24) is 5.32 Å². The van der Waals surface area contributed by atoms with Crippen LogP contribution in [0, 0.1) is 5.82 Å². The molecule has 0 aromatic heterocycles. The van der Waals surface area contributed by atoms with E-state index in [1.54, 1.807) is 6.07 Å². The molecule has 110 valence electrons. The first-order chi connectivity index (χ1) is 9.75. The number of benzene rings is 1. The normalized spacial score (nSPS) is 13.2. The summed E-state index contributed by atoms with van der Waals surface area (Å²) in [5.74, 6) is -1.83. The smallest absolute Gasteiger partial charge is 0.408 e. The zero-order valence-corrected chi connectivity index (χ0v) is 11.4. The molecule has 0 aliphatic carbocycles. The molecule has 1 rings (SSSR count). The van der Waals surface area contributed by atoms with Crippen LogP contribution in [0.25, 0.3) is 0 Å². The third-order valence-corrected chi connectivity index (χ3v) is 2.34. The number of ether oxygens (including phenoxy) is 1. The fourth-order valence-corrected chi connectivity index (χ4v) is 1.51. The number of halogens is 1. The second kappa shape index (κ2) is 6.36. The topological polar surface area (TPSA) is 75.6 Å². The molecule has 20 heavy (non-hydrogen) atoms. The molecule has 2 N–H and O–H groups in total. The largest absolute Gasteiger partial charge is 0.480 e. The van der Waals surface area contributed by atoms with E-state index in [9.17, 15) is 14.0 Å². The van der Waals surface area contributed by atoms with E-state index >= 15 is 0 Å². The van der Waals surface area contributed by atoms with Gasteiger partial charge >= 0.3 is 12.1 Å². The lowest BCUT2D eigenvalue weighted by Gasteiger charge is -2.22. The number of amides is 1. The van der Waals surface area contributed by atoms with Gasteiger partial charge in [-0.3, -0.25) is 0 Å². The summed E-state index contributed by atoms with van der Waals surface area (Å²) in [5.41, 5.74) is -0.838. The fraction of sp³-hybridized carbons (Fsp3) is 0.429. The molecule has 6 heteroatoms. The van der Waals surface area contributed by atoms with Gasteiger partial charge in [-0.05, 0) is 32.4 Å². The van der Waals surface area contributed by atoms with E-state index in [4.69, 9.17) is 11.2 Å². The number of carboxylic acid groups (broad SMARTS) is 1. The van der Waals surface area contributed by atoms with Crippen LogP contribution >= 0.6 is 0 Å². The van der Waals surface area contributed by atoms with Gasteiger partial charge in [0.2, 0.25) is 0 Å². The molecule has 0 bridgehead atoms. The first kappa shape index (κ1) is 14.3. The number of carboxylic acids is 1. The first-order valence-corrected chi connectivity index (χ1v) is 6.00. The molecule has 0 heterocycles. The molecule has 1 atom stereocenters. The van der Waals surface area contributed by atoms with Gasteiger partial charge in [0.25, 0.3) is 0 Å². The Kier molecular flexibility index (Phi) is 4.55. The van der Waals surface area contributed by atoms with Crippen LogP contribution in [0.1, 0.15) is 27.7 Å². The molecule has 0 radical (unpaired) electrons. The van der Waals surface area contributed by atoms with Crippen LogP contribution in [-0.2, 0) is 16.0 Å². The third kappa shape index (κ3) is 5.26. The van der Waals surface area contributed by atoms with Gasteiger partial charge in [0.15, 0.2) is 0 Å². The Hall–Kier alpha value is -2.11. The van der Waals surface area contributed by atoms with Crippen LogP contribution in [0.15, 0.2) is 24.3 Å². The molecule has 0 saturated carbocycles. The summed E-state index contributed by atoms with van der Waals surface area (Å²) in [6, 6.07) is 4.43. The summed E-state index contributed by atoms with van der Waals surface area (Å²) >= 11 is 0. The Labute approximate surface area is 118 Å². The Bertz CT molecular complexity index is 521. The summed E-state index contributed by atoms with van der Waals surface area (Å²) in [4.78, 5) is 22.8. The number of alkyl carbamates (subject to hydrolysis) is 1. The van der Waals surface area contributed by atoms with Crippen molar-refractivity contribution in [3.63, 3.8) is 0 Å². The molecule has 1 aromatic rings. The molecule has 1 amide bonds. The second-order valence-corrected chi connectivity index (χ2v) is 4.98. The zero-order chi connectivity index (χ0) is 16.0. The Morgan fingerprint density at radius 1 is 1.50 bits per heavy atom. The van der Waals surface area contributed by atoms with Crippen LogP contribution in [0.3, 0.4) is 0 Å². The standard InChI is InChI=1S/C14H18FNO4/c1-14(2,3)20-13(19)16-11(12(17)18)8-9-6-4-5-7-10(9)15/h4-7,11H,8H2,1-3H3,(H,16,19)(H,17,18)/t11-/m0/s1/i1D. The monoisotopic (exact) mass is 284 g/mol. The highest BCUT2D eigenvalue weighted by molar-refractivity contribution is 5.80. The van der Waals surface area contributed by atoms with Gasteiger partial charge in [0.05, 0.1) is 0 Å². The highest BCUT2D eigenvalue weighted by Gasteiger charge is 2.24. The lowest BCUT2D eigenvalue weighted by molar-refractivity contribution is -0.139. The maximum Gasteiger partial charge on any atom is 0.408 e. The Balaban J connectivity index is 2.73. The number of hydrogen-bond acceptors (Lipinski definition) is 3. The average Bonchev–Trinajstić information content (AvgIpc) is 2.39. The minimum Gasteiger partial charge on any atom is -0.480 e. The lowest BCUT2D eigenvalue weighted by atomic mass is 10.1. The molecule has 0 spiro atoms. The predicted molar refractivity (Wildman–Crippen MR) is 70.9 cm³/mol.